The van der Waals surface area contributed by atoms with E-state index in [1.54, 1.807) is 6.33 Å². The van der Waals surface area contributed by atoms with Gasteiger partial charge < -0.3 is 5.32 Å². The molecule has 12 heavy (non-hydrogen) atoms. The van der Waals surface area contributed by atoms with Gasteiger partial charge in [-0.2, -0.15) is 0 Å². The lowest BCUT2D eigenvalue weighted by Crippen LogP contribution is -2.12. The molecule has 1 heterocycles. The van der Waals surface area contributed by atoms with Crippen molar-refractivity contribution in [2.45, 2.75) is 19.9 Å². The predicted molar refractivity (Wildman–Crippen MR) is 50.1 cm³/mol. The van der Waals surface area contributed by atoms with Crippen LogP contribution < -0.4 is 5.32 Å². The monoisotopic (exact) mass is 163 g/mol. The first-order valence-corrected chi connectivity index (χ1v) is 3.90. The Hall–Kier alpha value is -1.38. The number of hydrogen-bond donors (Lipinski definition) is 1. The Balaban J connectivity index is 2.69. The lowest BCUT2D eigenvalue weighted by molar-refractivity contribution is 0.970. The van der Waals surface area contributed by atoms with Gasteiger partial charge in [0.2, 0.25) is 0 Å². The first kappa shape index (κ1) is 8.71. The van der Waals surface area contributed by atoms with Crippen LogP contribution in [0.5, 0.6) is 0 Å². The van der Waals surface area contributed by atoms with Crippen molar-refractivity contribution in [3.8, 4) is 0 Å². The molecule has 0 fully saturated rings. The highest BCUT2D eigenvalue weighted by Gasteiger charge is 1.97. The van der Waals surface area contributed by atoms with E-state index in [9.17, 15) is 0 Å². The Morgan fingerprint density at radius 3 is 2.92 bits per heavy atom. The quantitative estimate of drug-likeness (QED) is 0.690. The van der Waals surface area contributed by atoms with Crippen LogP contribution in [-0.2, 0) is 0 Å². The van der Waals surface area contributed by atoms with Crippen LogP contribution in [0.3, 0.4) is 0 Å². The summed E-state index contributed by atoms with van der Waals surface area (Å²) >= 11 is 0. The molecule has 3 heteroatoms. The molecule has 0 radical (unpaired) electrons. The second-order valence-electron chi connectivity index (χ2n) is 2.71. The van der Waals surface area contributed by atoms with Gasteiger partial charge in [-0.3, -0.25) is 0 Å². The Labute approximate surface area is 72.6 Å². The molecule has 0 amide bonds. The maximum atomic E-state index is 4.06. The van der Waals surface area contributed by atoms with E-state index < -0.39 is 0 Å². The topological polar surface area (TPSA) is 37.8 Å². The lowest BCUT2D eigenvalue weighted by Gasteiger charge is -2.08. The van der Waals surface area contributed by atoms with Gasteiger partial charge in [0.05, 0.1) is 0 Å². The van der Waals surface area contributed by atoms with Crippen LogP contribution >= 0.6 is 0 Å². The number of anilines is 1. The molecule has 0 bridgehead atoms. The zero-order valence-electron chi connectivity index (χ0n) is 7.41. The van der Waals surface area contributed by atoms with E-state index in [0.717, 1.165) is 11.5 Å². The number of aryl methyl sites for hydroxylation is 1. The third-order valence-electron chi connectivity index (χ3n) is 1.53. The van der Waals surface area contributed by atoms with Crippen LogP contribution in [0.4, 0.5) is 5.82 Å². The Morgan fingerprint density at radius 1 is 1.58 bits per heavy atom. The number of hydrogen-bond acceptors (Lipinski definition) is 3. The summed E-state index contributed by atoms with van der Waals surface area (Å²) in [5.41, 5.74) is 0.962. The predicted octanol–water partition coefficient (Wildman–Crippen LogP) is 1.77. The third-order valence-corrected chi connectivity index (χ3v) is 1.53. The smallest absolute Gasteiger partial charge is 0.130 e. The fourth-order valence-electron chi connectivity index (χ4n) is 0.826. The SMILES string of the molecule is C=CC(C)Nc1cc(C)ncn1. The van der Waals surface area contributed by atoms with E-state index in [-0.39, 0.29) is 6.04 Å². The molecular formula is C9H13N3. The van der Waals surface area contributed by atoms with Gasteiger partial charge in [0.25, 0.3) is 0 Å². The van der Waals surface area contributed by atoms with E-state index in [1.165, 1.54) is 0 Å². The van der Waals surface area contributed by atoms with Crippen molar-refractivity contribution in [3.05, 3.63) is 30.7 Å². The summed E-state index contributed by atoms with van der Waals surface area (Å²) < 4.78 is 0. The molecule has 0 aliphatic carbocycles. The van der Waals surface area contributed by atoms with Gasteiger partial charge in [0.1, 0.15) is 12.1 Å². The molecule has 0 aliphatic rings. The van der Waals surface area contributed by atoms with Crippen LogP contribution in [0.15, 0.2) is 25.0 Å². The molecule has 3 nitrogen and oxygen atoms in total. The van der Waals surface area contributed by atoms with Gasteiger partial charge in [0.15, 0.2) is 0 Å². The molecular weight excluding hydrogens is 150 g/mol. The van der Waals surface area contributed by atoms with E-state index in [1.807, 2.05) is 26.0 Å². The normalized spacial score (nSPS) is 12.2. The molecule has 0 saturated carbocycles. The standard InChI is InChI=1S/C9H13N3/c1-4-7(2)12-9-5-8(3)10-6-11-9/h4-7H,1H2,2-3H3,(H,10,11,12). The van der Waals surface area contributed by atoms with Crippen molar-refractivity contribution in [1.82, 2.24) is 9.97 Å². The van der Waals surface area contributed by atoms with E-state index in [4.69, 9.17) is 0 Å². The van der Waals surface area contributed by atoms with Gasteiger partial charge >= 0.3 is 0 Å². The average Bonchev–Trinajstić information content (AvgIpc) is 2.04. The highest BCUT2D eigenvalue weighted by molar-refractivity contribution is 5.36. The summed E-state index contributed by atoms with van der Waals surface area (Å²) in [4.78, 5) is 8.05. The summed E-state index contributed by atoms with van der Waals surface area (Å²) in [7, 11) is 0. The minimum absolute atomic E-state index is 0.235. The van der Waals surface area contributed by atoms with Gasteiger partial charge in [-0.05, 0) is 13.8 Å². The van der Waals surface area contributed by atoms with Gasteiger partial charge in [-0.1, -0.05) is 6.08 Å². The fraction of sp³-hybridized carbons (Fsp3) is 0.333. The summed E-state index contributed by atoms with van der Waals surface area (Å²) in [5.74, 6) is 0.843. The van der Waals surface area contributed by atoms with Crippen LogP contribution in [0, 0.1) is 6.92 Å². The third kappa shape index (κ3) is 2.34. The number of rotatable bonds is 3. The molecule has 1 aromatic heterocycles. The van der Waals surface area contributed by atoms with Crippen LogP contribution in [0.2, 0.25) is 0 Å². The largest absolute Gasteiger partial charge is 0.364 e. The molecule has 0 spiro atoms. The average molecular weight is 163 g/mol. The zero-order valence-corrected chi connectivity index (χ0v) is 7.41. The van der Waals surface area contributed by atoms with Crippen molar-refractivity contribution in [1.29, 1.82) is 0 Å². The van der Waals surface area contributed by atoms with Gasteiger partial charge in [-0.25, -0.2) is 9.97 Å². The summed E-state index contributed by atoms with van der Waals surface area (Å²) in [5, 5.41) is 3.16. The Morgan fingerprint density at radius 2 is 2.33 bits per heavy atom. The molecule has 0 aromatic carbocycles. The maximum absolute atomic E-state index is 4.06. The highest BCUT2D eigenvalue weighted by Crippen LogP contribution is 2.04. The molecule has 1 N–H and O–H groups in total. The summed E-state index contributed by atoms with van der Waals surface area (Å²) in [6.45, 7) is 7.63. The van der Waals surface area contributed by atoms with Gasteiger partial charge in [-0.15, -0.1) is 6.58 Å². The van der Waals surface area contributed by atoms with Crippen LogP contribution in [0.25, 0.3) is 0 Å². The minimum atomic E-state index is 0.235. The minimum Gasteiger partial charge on any atom is -0.364 e. The second kappa shape index (κ2) is 3.85. The Bertz CT molecular complexity index is 270. The van der Waals surface area contributed by atoms with E-state index >= 15 is 0 Å². The van der Waals surface area contributed by atoms with Crippen molar-refractivity contribution >= 4 is 5.82 Å². The lowest BCUT2D eigenvalue weighted by atomic mass is 10.3. The van der Waals surface area contributed by atoms with Crippen LogP contribution in [0.1, 0.15) is 12.6 Å². The molecule has 1 unspecified atom stereocenters. The molecule has 0 saturated heterocycles. The summed E-state index contributed by atoms with van der Waals surface area (Å²) in [6.07, 6.45) is 3.38. The van der Waals surface area contributed by atoms with E-state index in [0.29, 0.717) is 0 Å². The van der Waals surface area contributed by atoms with Crippen LogP contribution in [-0.4, -0.2) is 16.0 Å². The Kier molecular flexibility index (Phi) is 2.80. The molecule has 0 aliphatic heterocycles. The number of nitrogens with zero attached hydrogens (tertiary/aromatic N) is 2. The van der Waals surface area contributed by atoms with Crippen molar-refractivity contribution < 1.29 is 0 Å². The van der Waals surface area contributed by atoms with Crippen molar-refractivity contribution in [2.24, 2.45) is 0 Å². The summed E-state index contributed by atoms with van der Waals surface area (Å²) in [6, 6.07) is 2.14. The number of aromatic nitrogens is 2. The fourth-order valence-corrected chi connectivity index (χ4v) is 0.826. The molecule has 1 aromatic rings. The maximum Gasteiger partial charge on any atom is 0.130 e. The van der Waals surface area contributed by atoms with Gasteiger partial charge in [0, 0.05) is 17.8 Å². The van der Waals surface area contributed by atoms with Crippen molar-refractivity contribution in [3.63, 3.8) is 0 Å². The molecule has 1 atom stereocenters. The molecule has 64 valence electrons. The first-order valence-electron chi connectivity index (χ1n) is 3.90. The van der Waals surface area contributed by atoms with E-state index in [2.05, 4.69) is 21.9 Å². The van der Waals surface area contributed by atoms with Crippen molar-refractivity contribution in [2.75, 3.05) is 5.32 Å². The molecule has 1 rings (SSSR count). The number of nitrogens with one attached hydrogen (secondary N) is 1. The first-order chi connectivity index (χ1) is 5.72. The second-order valence-corrected chi connectivity index (χ2v) is 2.71. The zero-order chi connectivity index (χ0) is 8.97. The highest BCUT2D eigenvalue weighted by atomic mass is 15.0.